The van der Waals surface area contributed by atoms with Gasteiger partial charge >= 0.3 is 0 Å². The molecule has 0 aliphatic rings. The number of hydrogen-bond acceptors (Lipinski definition) is 0. The van der Waals surface area contributed by atoms with Crippen LogP contribution in [0.4, 0.5) is 0 Å². The Bertz CT molecular complexity index is 867. The minimum absolute atomic E-state index is 0.950. The molecule has 27 heavy (non-hydrogen) atoms. The van der Waals surface area contributed by atoms with Gasteiger partial charge in [0.15, 0.2) is 0 Å². The summed E-state index contributed by atoms with van der Waals surface area (Å²) in [4.78, 5) is 0. The molecule has 0 nitrogen and oxygen atoms in total. The first-order valence-electron chi connectivity index (χ1n) is 9.68. The van der Waals surface area contributed by atoms with Gasteiger partial charge in [0.1, 0.15) is 16.1 Å². The molecule has 0 fully saturated rings. The third kappa shape index (κ3) is 7.26. The first-order chi connectivity index (χ1) is 12.4. The zero-order valence-electron chi connectivity index (χ0n) is 18.2. The Kier molecular flexibility index (Phi) is 6.58. The highest BCUT2D eigenvalue weighted by molar-refractivity contribution is 6.84. The van der Waals surface area contributed by atoms with Gasteiger partial charge in [-0.15, -0.1) is 11.1 Å². The minimum atomic E-state index is -1.34. The van der Waals surface area contributed by atoms with Crippen LogP contribution in [-0.4, -0.2) is 16.1 Å². The highest BCUT2D eigenvalue weighted by Crippen LogP contribution is 2.17. The molecule has 2 heteroatoms. The molecule has 0 aliphatic carbocycles. The van der Waals surface area contributed by atoms with E-state index < -0.39 is 16.1 Å². The molecule has 2 aromatic rings. The molecule has 0 N–H and O–H groups in total. The lowest BCUT2D eigenvalue weighted by Gasteiger charge is -2.09. The summed E-state index contributed by atoms with van der Waals surface area (Å²) in [6.07, 6.45) is 0.950. The van der Waals surface area contributed by atoms with Crippen molar-refractivity contribution in [2.24, 2.45) is 0 Å². The Balaban J connectivity index is 2.20. The standard InChI is InChI=1S/C25H32Si2/c1-20-17-22(9-11-24(20)13-15-26(3,4)5)19-23-10-12-25(21(2)18-23)14-16-27(6,7)8/h9-12,17-18H,19H2,1-8H3. The number of aryl methyl sites for hydroxylation is 2. The van der Waals surface area contributed by atoms with Crippen LogP contribution in [0.15, 0.2) is 36.4 Å². The van der Waals surface area contributed by atoms with Crippen molar-refractivity contribution >= 4 is 16.1 Å². The maximum absolute atomic E-state index is 3.46. The van der Waals surface area contributed by atoms with E-state index in [9.17, 15) is 0 Å². The Morgan fingerprint density at radius 2 is 1.00 bits per heavy atom. The van der Waals surface area contributed by atoms with Crippen LogP contribution in [0.2, 0.25) is 39.3 Å². The van der Waals surface area contributed by atoms with Gasteiger partial charge in [0.2, 0.25) is 0 Å². The zero-order chi connectivity index (χ0) is 20.2. The number of hydrogen-bond donors (Lipinski definition) is 0. The Morgan fingerprint density at radius 3 is 1.30 bits per heavy atom. The Labute approximate surface area is 168 Å². The Morgan fingerprint density at radius 1 is 0.630 bits per heavy atom. The monoisotopic (exact) mass is 388 g/mol. The van der Waals surface area contributed by atoms with Crippen molar-refractivity contribution in [1.29, 1.82) is 0 Å². The fourth-order valence-electron chi connectivity index (χ4n) is 2.70. The van der Waals surface area contributed by atoms with Gasteiger partial charge in [-0.2, -0.15) is 0 Å². The van der Waals surface area contributed by atoms with E-state index in [0.717, 1.165) is 17.5 Å². The summed E-state index contributed by atoms with van der Waals surface area (Å²) < 4.78 is 0. The summed E-state index contributed by atoms with van der Waals surface area (Å²) in [6.45, 7) is 18.0. The fraction of sp³-hybridized carbons (Fsp3) is 0.360. The molecule has 0 atom stereocenters. The second kappa shape index (κ2) is 8.34. The van der Waals surface area contributed by atoms with Gasteiger partial charge in [0.25, 0.3) is 0 Å². The van der Waals surface area contributed by atoms with E-state index >= 15 is 0 Å². The van der Waals surface area contributed by atoms with Crippen LogP contribution in [0, 0.1) is 36.8 Å². The van der Waals surface area contributed by atoms with Gasteiger partial charge in [0, 0.05) is 11.1 Å². The van der Waals surface area contributed by atoms with Crippen LogP contribution in [0.3, 0.4) is 0 Å². The van der Waals surface area contributed by atoms with Gasteiger partial charge in [-0.05, 0) is 54.7 Å². The summed E-state index contributed by atoms with van der Waals surface area (Å²) >= 11 is 0. The second-order valence-electron chi connectivity index (χ2n) is 9.48. The van der Waals surface area contributed by atoms with E-state index in [1.165, 1.54) is 22.3 Å². The molecule has 2 aromatic carbocycles. The lowest BCUT2D eigenvalue weighted by molar-refractivity contribution is 1.17. The van der Waals surface area contributed by atoms with Crippen molar-refractivity contribution in [1.82, 2.24) is 0 Å². The van der Waals surface area contributed by atoms with Crippen molar-refractivity contribution in [2.45, 2.75) is 59.6 Å². The highest BCUT2D eigenvalue weighted by atomic mass is 28.3. The fourth-order valence-corrected chi connectivity index (χ4v) is 3.72. The quantitative estimate of drug-likeness (QED) is 0.415. The molecule has 140 valence electrons. The molecule has 0 radical (unpaired) electrons. The van der Waals surface area contributed by atoms with Crippen molar-refractivity contribution < 1.29 is 0 Å². The lowest BCUT2D eigenvalue weighted by Crippen LogP contribution is -2.16. The first-order valence-corrected chi connectivity index (χ1v) is 16.7. The third-order valence-corrected chi connectivity index (χ3v) is 5.88. The topological polar surface area (TPSA) is 0 Å². The van der Waals surface area contributed by atoms with Crippen LogP contribution in [0.1, 0.15) is 33.4 Å². The van der Waals surface area contributed by atoms with E-state index in [0.29, 0.717) is 0 Å². The van der Waals surface area contributed by atoms with Crippen molar-refractivity contribution in [3.05, 3.63) is 69.8 Å². The number of rotatable bonds is 2. The molecule has 0 saturated carbocycles. The van der Waals surface area contributed by atoms with E-state index in [1.54, 1.807) is 0 Å². The van der Waals surface area contributed by atoms with Gasteiger partial charge < -0.3 is 0 Å². The summed E-state index contributed by atoms with van der Waals surface area (Å²) in [7, 11) is -2.68. The van der Waals surface area contributed by atoms with Crippen LogP contribution >= 0.6 is 0 Å². The molecule has 0 aromatic heterocycles. The van der Waals surface area contributed by atoms with Crippen molar-refractivity contribution in [3.8, 4) is 22.9 Å². The lowest BCUT2D eigenvalue weighted by atomic mass is 9.98. The molecule has 0 aliphatic heterocycles. The summed E-state index contributed by atoms with van der Waals surface area (Å²) in [6, 6.07) is 13.4. The first kappa shape index (κ1) is 21.3. The van der Waals surface area contributed by atoms with E-state index in [4.69, 9.17) is 0 Å². The van der Waals surface area contributed by atoms with Gasteiger partial charge in [-0.3, -0.25) is 0 Å². The summed E-state index contributed by atoms with van der Waals surface area (Å²) in [5, 5.41) is 0. The predicted octanol–water partition coefficient (Wildman–Crippen LogP) is 6.35. The molecular formula is C25H32Si2. The minimum Gasteiger partial charge on any atom is -0.127 e. The molecule has 2 rings (SSSR count). The predicted molar refractivity (Wildman–Crippen MR) is 126 cm³/mol. The maximum atomic E-state index is 3.46. The molecular weight excluding hydrogens is 356 g/mol. The van der Waals surface area contributed by atoms with Gasteiger partial charge in [-0.25, -0.2) is 0 Å². The Hall–Kier alpha value is -2.01. The zero-order valence-corrected chi connectivity index (χ0v) is 20.2. The molecule has 0 amide bonds. The van der Waals surface area contributed by atoms with Crippen LogP contribution < -0.4 is 0 Å². The highest BCUT2D eigenvalue weighted by Gasteiger charge is 2.09. The summed E-state index contributed by atoms with van der Waals surface area (Å²) in [5.74, 6) is 6.77. The van der Waals surface area contributed by atoms with Crippen molar-refractivity contribution in [3.63, 3.8) is 0 Å². The third-order valence-electron chi connectivity index (χ3n) is 4.13. The van der Waals surface area contributed by atoms with E-state index in [-0.39, 0.29) is 0 Å². The average molecular weight is 389 g/mol. The van der Waals surface area contributed by atoms with Gasteiger partial charge in [-0.1, -0.05) is 75.4 Å². The van der Waals surface area contributed by atoms with Crippen molar-refractivity contribution in [2.75, 3.05) is 0 Å². The van der Waals surface area contributed by atoms with Crippen LogP contribution in [0.5, 0.6) is 0 Å². The average Bonchev–Trinajstić information content (AvgIpc) is 2.51. The molecule has 0 heterocycles. The van der Waals surface area contributed by atoms with E-state index in [2.05, 4.69) is 112 Å². The second-order valence-corrected chi connectivity index (χ2v) is 19.0. The smallest absolute Gasteiger partial charge is 0.127 e. The normalized spacial score (nSPS) is 11.3. The SMILES string of the molecule is Cc1cc(Cc2ccc(C#C[Si](C)(C)C)c(C)c2)ccc1C#C[Si](C)(C)C. The van der Waals surface area contributed by atoms with Crippen LogP contribution in [0.25, 0.3) is 0 Å². The van der Waals surface area contributed by atoms with E-state index in [1.807, 2.05) is 0 Å². The molecule has 0 unspecified atom stereocenters. The van der Waals surface area contributed by atoms with Gasteiger partial charge in [0.05, 0.1) is 0 Å². The maximum Gasteiger partial charge on any atom is 0.129 e. The molecule has 0 bridgehead atoms. The largest absolute Gasteiger partial charge is 0.129 e. The molecule has 0 saturated heterocycles. The van der Waals surface area contributed by atoms with Crippen LogP contribution in [-0.2, 0) is 6.42 Å². The summed E-state index contributed by atoms with van der Waals surface area (Å²) in [5.41, 5.74) is 14.5. The number of benzene rings is 2. The molecule has 0 spiro atoms.